The number of hydrogen-bond acceptors (Lipinski definition) is 4. The van der Waals surface area contributed by atoms with Crippen molar-refractivity contribution in [1.82, 2.24) is 9.80 Å². The van der Waals surface area contributed by atoms with Gasteiger partial charge in [-0.05, 0) is 17.7 Å². The van der Waals surface area contributed by atoms with Gasteiger partial charge < -0.3 is 9.80 Å². The van der Waals surface area contributed by atoms with Gasteiger partial charge in [0.2, 0.25) is 11.8 Å². The molecule has 0 atom stereocenters. The van der Waals surface area contributed by atoms with Gasteiger partial charge in [0.05, 0.1) is 17.4 Å². The molecule has 2 amide bonds. The van der Waals surface area contributed by atoms with Crippen molar-refractivity contribution in [2.24, 2.45) is 0 Å². The predicted molar refractivity (Wildman–Crippen MR) is 86.2 cm³/mol. The number of carbonyl (C=O) groups is 2. The van der Waals surface area contributed by atoms with Crippen LogP contribution in [0.5, 0.6) is 0 Å². The third-order valence-corrected chi connectivity index (χ3v) is 4.64. The van der Waals surface area contributed by atoms with Crippen molar-refractivity contribution < 1.29 is 9.59 Å². The number of amides is 2. The minimum absolute atomic E-state index is 0.0716. The number of nitriles is 1. The van der Waals surface area contributed by atoms with E-state index in [0.29, 0.717) is 37.5 Å². The zero-order valence-corrected chi connectivity index (χ0v) is 13.4. The van der Waals surface area contributed by atoms with E-state index >= 15 is 0 Å². The molecule has 0 spiro atoms. The van der Waals surface area contributed by atoms with Crippen LogP contribution in [0, 0.1) is 11.3 Å². The van der Waals surface area contributed by atoms with E-state index < -0.39 is 0 Å². The van der Waals surface area contributed by atoms with E-state index in [2.05, 4.69) is 6.07 Å². The van der Waals surface area contributed by atoms with Crippen LogP contribution in [0.15, 0.2) is 24.3 Å². The van der Waals surface area contributed by atoms with Crippen molar-refractivity contribution in [2.45, 2.75) is 12.7 Å². The van der Waals surface area contributed by atoms with Crippen molar-refractivity contribution in [2.75, 3.05) is 31.9 Å². The molecule has 1 aliphatic heterocycles. The van der Waals surface area contributed by atoms with Crippen molar-refractivity contribution in [3.63, 3.8) is 0 Å². The lowest BCUT2D eigenvalue weighted by Crippen LogP contribution is -2.50. The maximum absolute atomic E-state index is 12.1. The van der Waals surface area contributed by atoms with Gasteiger partial charge in [-0.2, -0.15) is 5.26 Å². The van der Waals surface area contributed by atoms with Crippen molar-refractivity contribution in [3.8, 4) is 6.07 Å². The zero-order chi connectivity index (χ0) is 15.9. The molecule has 22 heavy (non-hydrogen) atoms. The Morgan fingerprint density at radius 1 is 1.14 bits per heavy atom. The number of benzene rings is 1. The second-order valence-electron chi connectivity index (χ2n) is 5.19. The third kappa shape index (κ3) is 4.50. The van der Waals surface area contributed by atoms with E-state index in [9.17, 15) is 9.59 Å². The van der Waals surface area contributed by atoms with Crippen LogP contribution in [-0.4, -0.2) is 53.5 Å². The number of hydrogen-bond donors (Lipinski definition) is 0. The Hall–Kier alpha value is -2.00. The lowest BCUT2D eigenvalue weighted by Gasteiger charge is -2.34. The molecule has 5 nitrogen and oxygen atoms in total. The average molecular weight is 317 g/mol. The number of thioether (sulfide) groups is 1. The summed E-state index contributed by atoms with van der Waals surface area (Å²) in [6.45, 7) is 4.05. The van der Waals surface area contributed by atoms with Gasteiger partial charge in [0.1, 0.15) is 0 Å². The highest BCUT2D eigenvalue weighted by molar-refractivity contribution is 7.99. The summed E-state index contributed by atoms with van der Waals surface area (Å²) < 4.78 is 0. The van der Waals surface area contributed by atoms with Crippen LogP contribution >= 0.6 is 11.8 Å². The lowest BCUT2D eigenvalue weighted by atomic mass is 10.2. The molecule has 2 rings (SSSR count). The molecule has 1 aliphatic rings. The first-order valence-corrected chi connectivity index (χ1v) is 8.35. The summed E-state index contributed by atoms with van der Waals surface area (Å²) in [6, 6.07) is 9.50. The van der Waals surface area contributed by atoms with Crippen molar-refractivity contribution >= 4 is 23.6 Å². The molecule has 6 heteroatoms. The van der Waals surface area contributed by atoms with Gasteiger partial charge in [-0.1, -0.05) is 12.1 Å². The van der Waals surface area contributed by atoms with Crippen molar-refractivity contribution in [1.29, 1.82) is 5.26 Å². The van der Waals surface area contributed by atoms with Gasteiger partial charge in [0, 0.05) is 38.9 Å². The maximum Gasteiger partial charge on any atom is 0.232 e. The number of piperazine rings is 1. The Kier molecular flexibility index (Phi) is 5.84. The van der Waals surface area contributed by atoms with E-state index in [1.807, 2.05) is 17.0 Å². The number of nitrogens with zero attached hydrogens (tertiary/aromatic N) is 3. The molecule has 1 aromatic carbocycles. The summed E-state index contributed by atoms with van der Waals surface area (Å²) >= 11 is 1.57. The zero-order valence-electron chi connectivity index (χ0n) is 12.6. The van der Waals surface area contributed by atoms with E-state index in [1.54, 1.807) is 35.7 Å². The molecule has 1 saturated heterocycles. The SMILES string of the molecule is CC(=O)N1CCN(C(=O)CSCc2ccc(C#N)cc2)CC1. The molecule has 116 valence electrons. The molecule has 1 fully saturated rings. The second kappa shape index (κ2) is 7.85. The Morgan fingerprint density at radius 3 is 2.27 bits per heavy atom. The minimum atomic E-state index is 0.0716. The van der Waals surface area contributed by atoms with Crippen LogP contribution in [-0.2, 0) is 15.3 Å². The largest absolute Gasteiger partial charge is 0.339 e. The molecule has 0 aromatic heterocycles. The molecule has 1 heterocycles. The topological polar surface area (TPSA) is 64.4 Å². The van der Waals surface area contributed by atoms with Crippen LogP contribution in [0.4, 0.5) is 0 Å². The average Bonchev–Trinajstić information content (AvgIpc) is 2.55. The highest BCUT2D eigenvalue weighted by atomic mass is 32.2. The number of rotatable bonds is 4. The Balaban J connectivity index is 1.72. The Morgan fingerprint density at radius 2 is 1.73 bits per heavy atom. The minimum Gasteiger partial charge on any atom is -0.339 e. The molecule has 1 aromatic rings. The van der Waals surface area contributed by atoms with Crippen LogP contribution in [0.25, 0.3) is 0 Å². The third-order valence-electron chi connectivity index (χ3n) is 3.66. The van der Waals surface area contributed by atoms with Crippen LogP contribution in [0.1, 0.15) is 18.1 Å². The van der Waals surface area contributed by atoms with Crippen molar-refractivity contribution in [3.05, 3.63) is 35.4 Å². The summed E-state index contributed by atoms with van der Waals surface area (Å²) in [5.41, 5.74) is 1.76. The smallest absolute Gasteiger partial charge is 0.232 e. The fraction of sp³-hybridized carbons (Fsp3) is 0.438. The van der Waals surface area contributed by atoms with Crippen LogP contribution in [0.2, 0.25) is 0 Å². The first-order valence-electron chi connectivity index (χ1n) is 7.20. The van der Waals surface area contributed by atoms with Gasteiger partial charge in [0.25, 0.3) is 0 Å². The van der Waals surface area contributed by atoms with E-state index in [0.717, 1.165) is 11.3 Å². The fourth-order valence-electron chi connectivity index (χ4n) is 2.29. The van der Waals surface area contributed by atoms with E-state index in [-0.39, 0.29) is 11.8 Å². The van der Waals surface area contributed by atoms with Gasteiger partial charge in [-0.25, -0.2) is 0 Å². The van der Waals surface area contributed by atoms with Gasteiger partial charge in [-0.3, -0.25) is 9.59 Å². The van der Waals surface area contributed by atoms with Gasteiger partial charge >= 0.3 is 0 Å². The summed E-state index contributed by atoms with van der Waals surface area (Å²) in [6.07, 6.45) is 0. The van der Waals surface area contributed by atoms with E-state index in [4.69, 9.17) is 5.26 Å². The van der Waals surface area contributed by atoms with E-state index in [1.165, 1.54) is 0 Å². The summed E-state index contributed by atoms with van der Waals surface area (Å²) in [7, 11) is 0. The molecule has 0 N–H and O–H groups in total. The molecule has 0 radical (unpaired) electrons. The first-order chi connectivity index (χ1) is 10.6. The predicted octanol–water partition coefficient (Wildman–Crippen LogP) is 1.48. The number of carbonyl (C=O) groups excluding carboxylic acids is 2. The molecule has 0 unspecified atom stereocenters. The summed E-state index contributed by atoms with van der Waals surface area (Å²) in [4.78, 5) is 27.0. The Labute approximate surface area is 134 Å². The highest BCUT2D eigenvalue weighted by Gasteiger charge is 2.21. The Bertz CT molecular complexity index is 572. The highest BCUT2D eigenvalue weighted by Crippen LogP contribution is 2.14. The molecule has 0 aliphatic carbocycles. The monoisotopic (exact) mass is 317 g/mol. The van der Waals surface area contributed by atoms with Gasteiger partial charge in [0.15, 0.2) is 0 Å². The maximum atomic E-state index is 12.1. The normalized spacial score (nSPS) is 14.5. The quantitative estimate of drug-likeness (QED) is 0.844. The van der Waals surface area contributed by atoms with Crippen LogP contribution < -0.4 is 0 Å². The molecule has 0 bridgehead atoms. The molecule has 0 saturated carbocycles. The fourth-order valence-corrected chi connectivity index (χ4v) is 3.18. The standard InChI is InChI=1S/C16H19N3O2S/c1-13(20)18-6-8-19(9-7-18)16(21)12-22-11-15-4-2-14(10-17)3-5-15/h2-5H,6-9,11-12H2,1H3. The molecular weight excluding hydrogens is 298 g/mol. The molecular formula is C16H19N3O2S. The first kappa shape index (κ1) is 16.4. The lowest BCUT2D eigenvalue weighted by molar-refractivity contribution is -0.136. The van der Waals surface area contributed by atoms with Crippen LogP contribution in [0.3, 0.4) is 0 Å². The summed E-state index contributed by atoms with van der Waals surface area (Å²) in [5, 5.41) is 8.74. The summed E-state index contributed by atoms with van der Waals surface area (Å²) in [5.74, 6) is 1.40. The second-order valence-corrected chi connectivity index (χ2v) is 6.17. The van der Waals surface area contributed by atoms with Gasteiger partial charge in [-0.15, -0.1) is 11.8 Å².